The van der Waals surface area contributed by atoms with E-state index in [1.807, 2.05) is 25.8 Å². The van der Waals surface area contributed by atoms with Crippen molar-refractivity contribution in [1.82, 2.24) is 20.0 Å². The molecular weight excluding hydrogens is 252 g/mol. The fraction of sp³-hybridized carbons (Fsp3) is 0.667. The normalized spacial score (nSPS) is 19.6. The van der Waals surface area contributed by atoms with Gasteiger partial charge in [0.1, 0.15) is 0 Å². The first-order valence-electron chi connectivity index (χ1n) is 6.04. The molecule has 2 heterocycles. The maximum atomic E-state index is 12.5. The van der Waals surface area contributed by atoms with Gasteiger partial charge in [0.15, 0.2) is 0 Å². The van der Waals surface area contributed by atoms with E-state index in [9.17, 15) is 4.79 Å². The Kier molecular flexibility index (Phi) is 4.76. The summed E-state index contributed by atoms with van der Waals surface area (Å²) in [4.78, 5) is 14.4. The third kappa shape index (κ3) is 2.52. The van der Waals surface area contributed by atoms with Crippen molar-refractivity contribution in [3.63, 3.8) is 0 Å². The Bertz CT molecular complexity index is 444. The molecule has 0 bridgehead atoms. The van der Waals surface area contributed by atoms with Crippen LogP contribution in [0.5, 0.6) is 0 Å². The van der Waals surface area contributed by atoms with Gasteiger partial charge in [-0.25, -0.2) is 0 Å². The second-order valence-corrected chi connectivity index (χ2v) is 4.72. The van der Waals surface area contributed by atoms with Gasteiger partial charge < -0.3 is 10.2 Å². The number of carbonyl (C=O) groups is 1. The number of aromatic nitrogens is 2. The molecule has 6 heteroatoms. The van der Waals surface area contributed by atoms with Crippen LogP contribution in [0.3, 0.4) is 0 Å². The van der Waals surface area contributed by atoms with Crippen LogP contribution in [0.2, 0.25) is 0 Å². The van der Waals surface area contributed by atoms with E-state index >= 15 is 0 Å². The van der Waals surface area contributed by atoms with E-state index in [1.165, 1.54) is 0 Å². The first kappa shape index (κ1) is 15.0. The lowest BCUT2D eigenvalue weighted by Crippen LogP contribution is -2.52. The predicted molar refractivity (Wildman–Crippen MR) is 73.3 cm³/mol. The first-order chi connectivity index (χ1) is 8.02. The summed E-state index contributed by atoms with van der Waals surface area (Å²) in [5.41, 5.74) is 2.53. The average molecular weight is 273 g/mol. The van der Waals surface area contributed by atoms with E-state index in [0.29, 0.717) is 0 Å². The van der Waals surface area contributed by atoms with E-state index in [-0.39, 0.29) is 24.4 Å². The summed E-state index contributed by atoms with van der Waals surface area (Å²) in [5.74, 6) is 0.113. The summed E-state index contributed by atoms with van der Waals surface area (Å²) in [7, 11) is 1.88. The summed E-state index contributed by atoms with van der Waals surface area (Å²) in [6.07, 6.45) is 0. The molecule has 0 aromatic carbocycles. The van der Waals surface area contributed by atoms with Gasteiger partial charge in [-0.15, -0.1) is 12.4 Å². The number of nitrogens with zero attached hydrogens (tertiary/aromatic N) is 3. The second kappa shape index (κ2) is 5.71. The number of carbonyl (C=O) groups excluding carboxylic acids is 1. The standard InChI is InChI=1S/C12H20N4O.ClH/c1-8-7-13-5-6-16(8)12(17)11-9(2)14-15(4)10(11)3;/h8,13H,5-7H2,1-4H3;1H/t8-;/m1./s1. The Hall–Kier alpha value is -1.07. The number of amides is 1. The van der Waals surface area contributed by atoms with Crippen molar-refractivity contribution in [2.24, 2.45) is 7.05 Å². The SMILES string of the molecule is Cc1nn(C)c(C)c1C(=O)N1CCNC[C@H]1C.Cl. The minimum absolute atomic E-state index is 0. The van der Waals surface area contributed by atoms with Crippen LogP contribution in [0.1, 0.15) is 28.7 Å². The average Bonchev–Trinajstić information content (AvgIpc) is 2.53. The third-order valence-electron chi connectivity index (χ3n) is 3.49. The number of halogens is 1. The monoisotopic (exact) mass is 272 g/mol. The maximum absolute atomic E-state index is 12.5. The van der Waals surface area contributed by atoms with Gasteiger partial charge in [-0.2, -0.15) is 5.10 Å². The molecule has 5 nitrogen and oxygen atoms in total. The zero-order chi connectivity index (χ0) is 12.6. The number of hydrogen-bond acceptors (Lipinski definition) is 3. The number of aryl methyl sites for hydroxylation is 2. The highest BCUT2D eigenvalue weighted by Crippen LogP contribution is 2.17. The molecular formula is C12H21ClN4O. The molecule has 0 spiro atoms. The van der Waals surface area contributed by atoms with E-state index in [0.717, 1.165) is 36.6 Å². The van der Waals surface area contributed by atoms with Gasteiger partial charge in [0.25, 0.3) is 5.91 Å². The number of nitrogens with one attached hydrogen (secondary N) is 1. The molecule has 1 fully saturated rings. The van der Waals surface area contributed by atoms with Gasteiger partial charge in [0.05, 0.1) is 11.3 Å². The molecule has 1 aromatic heterocycles. The second-order valence-electron chi connectivity index (χ2n) is 4.72. The minimum Gasteiger partial charge on any atom is -0.333 e. The lowest BCUT2D eigenvalue weighted by molar-refractivity contribution is 0.0654. The van der Waals surface area contributed by atoms with Crippen molar-refractivity contribution >= 4 is 18.3 Å². The Morgan fingerprint density at radius 3 is 2.61 bits per heavy atom. The van der Waals surface area contributed by atoms with E-state index in [2.05, 4.69) is 17.3 Å². The van der Waals surface area contributed by atoms with Gasteiger partial charge in [0, 0.05) is 38.4 Å². The molecule has 0 unspecified atom stereocenters. The van der Waals surface area contributed by atoms with Crippen LogP contribution in [-0.2, 0) is 7.05 Å². The molecule has 102 valence electrons. The molecule has 1 atom stereocenters. The van der Waals surface area contributed by atoms with E-state index in [4.69, 9.17) is 0 Å². The van der Waals surface area contributed by atoms with Gasteiger partial charge in [-0.1, -0.05) is 0 Å². The van der Waals surface area contributed by atoms with Crippen molar-refractivity contribution in [1.29, 1.82) is 0 Å². The summed E-state index contributed by atoms with van der Waals surface area (Å²) in [6, 6.07) is 0.246. The molecule has 1 saturated heterocycles. The topological polar surface area (TPSA) is 50.2 Å². The smallest absolute Gasteiger partial charge is 0.257 e. The molecule has 0 saturated carbocycles. The van der Waals surface area contributed by atoms with Gasteiger partial charge in [-0.3, -0.25) is 9.48 Å². The lowest BCUT2D eigenvalue weighted by atomic mass is 10.1. The Morgan fingerprint density at radius 1 is 1.44 bits per heavy atom. The molecule has 1 amide bonds. The lowest BCUT2D eigenvalue weighted by Gasteiger charge is -2.34. The van der Waals surface area contributed by atoms with Crippen LogP contribution < -0.4 is 5.32 Å². The van der Waals surface area contributed by atoms with E-state index < -0.39 is 0 Å². The molecule has 1 N–H and O–H groups in total. The Morgan fingerprint density at radius 2 is 2.11 bits per heavy atom. The quantitative estimate of drug-likeness (QED) is 0.826. The largest absolute Gasteiger partial charge is 0.333 e. The maximum Gasteiger partial charge on any atom is 0.257 e. The highest BCUT2D eigenvalue weighted by Gasteiger charge is 2.27. The van der Waals surface area contributed by atoms with Crippen LogP contribution in [0, 0.1) is 13.8 Å². The zero-order valence-electron chi connectivity index (χ0n) is 11.4. The van der Waals surface area contributed by atoms with Crippen molar-refractivity contribution in [2.75, 3.05) is 19.6 Å². The predicted octanol–water partition coefficient (Wildman–Crippen LogP) is 0.893. The highest BCUT2D eigenvalue weighted by atomic mass is 35.5. The molecule has 2 rings (SSSR count). The molecule has 18 heavy (non-hydrogen) atoms. The van der Waals surface area contributed by atoms with Crippen molar-refractivity contribution in [3.8, 4) is 0 Å². The van der Waals surface area contributed by atoms with Crippen molar-refractivity contribution in [2.45, 2.75) is 26.8 Å². The first-order valence-corrected chi connectivity index (χ1v) is 6.04. The molecule has 0 aliphatic carbocycles. The third-order valence-corrected chi connectivity index (χ3v) is 3.49. The number of rotatable bonds is 1. The fourth-order valence-electron chi connectivity index (χ4n) is 2.37. The Labute approximate surface area is 114 Å². The molecule has 1 aliphatic rings. The van der Waals surface area contributed by atoms with Crippen LogP contribution in [0.25, 0.3) is 0 Å². The van der Waals surface area contributed by atoms with Crippen LogP contribution in [0.15, 0.2) is 0 Å². The van der Waals surface area contributed by atoms with Crippen LogP contribution in [0.4, 0.5) is 0 Å². The summed E-state index contributed by atoms with van der Waals surface area (Å²) in [5, 5.41) is 7.60. The summed E-state index contributed by atoms with van der Waals surface area (Å²) in [6.45, 7) is 8.42. The molecule has 0 radical (unpaired) electrons. The highest BCUT2D eigenvalue weighted by molar-refractivity contribution is 5.96. The molecule has 1 aliphatic heterocycles. The van der Waals surface area contributed by atoms with Gasteiger partial charge in [0.2, 0.25) is 0 Å². The Balaban J connectivity index is 0.00000162. The van der Waals surface area contributed by atoms with Crippen molar-refractivity contribution in [3.05, 3.63) is 17.0 Å². The molecule has 1 aromatic rings. The fourth-order valence-corrected chi connectivity index (χ4v) is 2.37. The zero-order valence-corrected chi connectivity index (χ0v) is 12.2. The van der Waals surface area contributed by atoms with E-state index in [1.54, 1.807) is 4.68 Å². The summed E-state index contributed by atoms with van der Waals surface area (Å²) < 4.78 is 1.77. The summed E-state index contributed by atoms with van der Waals surface area (Å²) >= 11 is 0. The number of hydrogen-bond donors (Lipinski definition) is 1. The minimum atomic E-state index is 0. The van der Waals surface area contributed by atoms with Crippen molar-refractivity contribution < 1.29 is 4.79 Å². The number of piperazine rings is 1. The van der Waals surface area contributed by atoms with Gasteiger partial charge in [-0.05, 0) is 20.8 Å². The van der Waals surface area contributed by atoms with Gasteiger partial charge >= 0.3 is 0 Å². The van der Waals surface area contributed by atoms with Crippen LogP contribution >= 0.6 is 12.4 Å². The van der Waals surface area contributed by atoms with Crippen LogP contribution in [-0.4, -0.2) is 46.3 Å².